The highest BCUT2D eigenvalue weighted by atomic mass is 79.9. The summed E-state index contributed by atoms with van der Waals surface area (Å²) in [6, 6.07) is 6.19. The van der Waals surface area contributed by atoms with Crippen LogP contribution in [0, 0.1) is 0 Å². The monoisotopic (exact) mass is 323 g/mol. The van der Waals surface area contributed by atoms with Crippen molar-refractivity contribution in [2.75, 3.05) is 7.11 Å². The van der Waals surface area contributed by atoms with Gasteiger partial charge >= 0.3 is 0 Å². The molecule has 0 N–H and O–H groups in total. The molecule has 1 atom stereocenters. The molecule has 1 aromatic carbocycles. The summed E-state index contributed by atoms with van der Waals surface area (Å²) in [6.07, 6.45) is 2.90. The minimum Gasteiger partial charge on any atom is -0.496 e. The van der Waals surface area contributed by atoms with Gasteiger partial charge in [0.1, 0.15) is 5.75 Å². The molecule has 102 valence electrons. The van der Waals surface area contributed by atoms with Crippen molar-refractivity contribution in [3.63, 3.8) is 0 Å². The molecule has 0 aliphatic carbocycles. The smallest absolute Gasteiger partial charge is 0.133 e. The van der Waals surface area contributed by atoms with Crippen LogP contribution in [-0.4, -0.2) is 22.1 Å². The second kappa shape index (κ2) is 6.19. The summed E-state index contributed by atoms with van der Waals surface area (Å²) in [5.41, 5.74) is 2.29. The normalized spacial score (nSPS) is 12.4. The molecule has 2 aromatic rings. The van der Waals surface area contributed by atoms with Crippen molar-refractivity contribution in [2.24, 2.45) is 0 Å². The Morgan fingerprint density at radius 3 is 2.79 bits per heavy atom. The highest BCUT2D eigenvalue weighted by molar-refractivity contribution is 9.10. The predicted molar refractivity (Wildman–Crippen MR) is 78.5 cm³/mol. The molecular weight excluding hydrogens is 306 g/mol. The van der Waals surface area contributed by atoms with Gasteiger partial charge in [-0.2, -0.15) is 0 Å². The van der Waals surface area contributed by atoms with Crippen LogP contribution in [0.1, 0.15) is 31.0 Å². The van der Waals surface area contributed by atoms with Crippen molar-refractivity contribution in [1.82, 2.24) is 15.0 Å². The van der Waals surface area contributed by atoms with Crippen LogP contribution in [0.3, 0.4) is 0 Å². The third kappa shape index (κ3) is 3.35. The molecule has 0 saturated carbocycles. The first-order valence-corrected chi connectivity index (χ1v) is 7.15. The fraction of sp³-hybridized carbons (Fsp3) is 0.429. The number of hydrogen-bond donors (Lipinski definition) is 0. The molecule has 0 fully saturated rings. The number of nitrogens with zero attached hydrogens (tertiary/aromatic N) is 3. The lowest BCUT2D eigenvalue weighted by Gasteiger charge is -2.12. The van der Waals surface area contributed by atoms with Crippen molar-refractivity contribution in [1.29, 1.82) is 0 Å². The molecule has 0 amide bonds. The summed E-state index contributed by atoms with van der Waals surface area (Å²) >= 11 is 3.52. The van der Waals surface area contributed by atoms with Gasteiger partial charge in [-0.1, -0.05) is 18.2 Å². The fourth-order valence-corrected chi connectivity index (χ4v) is 2.57. The Labute approximate surface area is 121 Å². The zero-order chi connectivity index (χ0) is 13.8. The number of aromatic nitrogens is 3. The van der Waals surface area contributed by atoms with Gasteiger partial charge in [0.2, 0.25) is 0 Å². The number of aryl methyl sites for hydroxylation is 1. The van der Waals surface area contributed by atoms with Gasteiger partial charge in [0, 0.05) is 12.7 Å². The summed E-state index contributed by atoms with van der Waals surface area (Å²) in [5, 5.41) is 8.25. The lowest BCUT2D eigenvalue weighted by Crippen LogP contribution is -1.99. The summed E-state index contributed by atoms with van der Waals surface area (Å²) in [6.45, 7) is 5.11. The van der Waals surface area contributed by atoms with E-state index in [-0.39, 0.29) is 0 Å². The van der Waals surface area contributed by atoms with Gasteiger partial charge in [-0.15, -0.1) is 5.10 Å². The molecule has 1 unspecified atom stereocenters. The quantitative estimate of drug-likeness (QED) is 0.846. The largest absolute Gasteiger partial charge is 0.496 e. The third-order valence-electron chi connectivity index (χ3n) is 3.17. The Hall–Kier alpha value is -1.36. The maximum atomic E-state index is 5.24. The van der Waals surface area contributed by atoms with Crippen LogP contribution in [0.4, 0.5) is 0 Å². The van der Waals surface area contributed by atoms with Crippen LogP contribution in [0.5, 0.6) is 5.75 Å². The van der Waals surface area contributed by atoms with Gasteiger partial charge in [-0.25, -0.2) is 0 Å². The molecule has 5 heteroatoms. The minimum atomic E-state index is 0.393. The standard InChI is InChI=1S/C14H18BrN3O/c1-4-18-9-12(16-17-18)7-10(2)11-5-6-14(19-3)13(15)8-11/h5-6,8-10H,4,7H2,1-3H3. The van der Waals surface area contributed by atoms with Crippen LogP contribution in [0.15, 0.2) is 28.9 Å². The zero-order valence-electron chi connectivity index (χ0n) is 11.4. The van der Waals surface area contributed by atoms with Gasteiger partial charge in [-0.3, -0.25) is 4.68 Å². The van der Waals surface area contributed by atoms with E-state index in [0.717, 1.165) is 28.9 Å². The number of benzene rings is 1. The van der Waals surface area contributed by atoms with Gasteiger partial charge in [0.05, 0.1) is 17.3 Å². The van der Waals surface area contributed by atoms with Crippen molar-refractivity contribution in [2.45, 2.75) is 32.7 Å². The molecule has 19 heavy (non-hydrogen) atoms. The summed E-state index contributed by atoms with van der Waals surface area (Å²) in [7, 11) is 1.67. The SMILES string of the molecule is CCn1cc(CC(C)c2ccc(OC)c(Br)c2)nn1. The number of ether oxygens (including phenoxy) is 1. The first-order chi connectivity index (χ1) is 9.13. The van der Waals surface area contributed by atoms with E-state index in [9.17, 15) is 0 Å². The van der Waals surface area contributed by atoms with E-state index < -0.39 is 0 Å². The fourth-order valence-electron chi connectivity index (χ4n) is 2.01. The van der Waals surface area contributed by atoms with E-state index in [2.05, 4.69) is 52.2 Å². The molecule has 0 radical (unpaired) electrons. The summed E-state index contributed by atoms with van der Waals surface area (Å²) in [5.74, 6) is 1.25. The second-order valence-electron chi connectivity index (χ2n) is 4.56. The van der Waals surface area contributed by atoms with Gasteiger partial charge in [-0.05, 0) is 52.9 Å². The van der Waals surface area contributed by atoms with Crippen molar-refractivity contribution < 1.29 is 4.74 Å². The van der Waals surface area contributed by atoms with Crippen molar-refractivity contribution >= 4 is 15.9 Å². The van der Waals surface area contributed by atoms with E-state index in [1.165, 1.54) is 5.56 Å². The molecular formula is C14H18BrN3O. The lowest BCUT2D eigenvalue weighted by molar-refractivity contribution is 0.412. The molecule has 0 bridgehead atoms. The third-order valence-corrected chi connectivity index (χ3v) is 3.79. The summed E-state index contributed by atoms with van der Waals surface area (Å²) in [4.78, 5) is 0. The topological polar surface area (TPSA) is 39.9 Å². The number of halogens is 1. The predicted octanol–water partition coefficient (Wildman–Crippen LogP) is 3.42. The molecule has 1 aromatic heterocycles. The average molecular weight is 324 g/mol. The number of hydrogen-bond acceptors (Lipinski definition) is 3. The minimum absolute atomic E-state index is 0.393. The van der Waals surface area contributed by atoms with Crippen molar-refractivity contribution in [3.8, 4) is 5.75 Å². The van der Waals surface area contributed by atoms with E-state index in [1.807, 2.05) is 16.9 Å². The Morgan fingerprint density at radius 2 is 2.21 bits per heavy atom. The number of methoxy groups -OCH3 is 1. The maximum absolute atomic E-state index is 5.24. The van der Waals surface area contributed by atoms with E-state index >= 15 is 0 Å². The van der Waals surface area contributed by atoms with Crippen LogP contribution >= 0.6 is 15.9 Å². The molecule has 1 heterocycles. The average Bonchev–Trinajstić information content (AvgIpc) is 2.86. The van der Waals surface area contributed by atoms with Crippen LogP contribution in [-0.2, 0) is 13.0 Å². The van der Waals surface area contributed by atoms with Crippen LogP contribution in [0.25, 0.3) is 0 Å². The highest BCUT2D eigenvalue weighted by Crippen LogP contribution is 2.29. The zero-order valence-corrected chi connectivity index (χ0v) is 13.0. The lowest BCUT2D eigenvalue weighted by atomic mass is 9.96. The second-order valence-corrected chi connectivity index (χ2v) is 5.42. The highest BCUT2D eigenvalue weighted by Gasteiger charge is 2.11. The Morgan fingerprint density at radius 1 is 1.42 bits per heavy atom. The van der Waals surface area contributed by atoms with Gasteiger partial charge < -0.3 is 4.74 Å². The molecule has 0 spiro atoms. The molecule has 4 nitrogen and oxygen atoms in total. The maximum Gasteiger partial charge on any atom is 0.133 e. The molecule has 0 aliphatic rings. The van der Waals surface area contributed by atoms with E-state index in [1.54, 1.807) is 7.11 Å². The first-order valence-electron chi connectivity index (χ1n) is 6.36. The van der Waals surface area contributed by atoms with Crippen LogP contribution in [0.2, 0.25) is 0 Å². The Kier molecular flexibility index (Phi) is 4.58. The molecule has 0 saturated heterocycles. The first kappa shape index (κ1) is 14.1. The molecule has 2 rings (SSSR count). The van der Waals surface area contributed by atoms with Crippen molar-refractivity contribution in [3.05, 3.63) is 40.1 Å². The Bertz CT molecular complexity index is 553. The van der Waals surface area contributed by atoms with Gasteiger partial charge in [0.25, 0.3) is 0 Å². The number of rotatable bonds is 5. The van der Waals surface area contributed by atoms with E-state index in [0.29, 0.717) is 5.92 Å². The van der Waals surface area contributed by atoms with Crippen LogP contribution < -0.4 is 4.74 Å². The summed E-state index contributed by atoms with van der Waals surface area (Å²) < 4.78 is 8.08. The van der Waals surface area contributed by atoms with Gasteiger partial charge in [0.15, 0.2) is 0 Å². The Balaban J connectivity index is 2.10. The molecule has 0 aliphatic heterocycles. The van der Waals surface area contributed by atoms with E-state index in [4.69, 9.17) is 4.74 Å².